The molecular weight excluding hydrogens is 282 g/mol. The van der Waals surface area contributed by atoms with Crippen molar-refractivity contribution in [2.45, 2.75) is 66.0 Å². The summed E-state index contributed by atoms with van der Waals surface area (Å²) in [6, 6.07) is 0.965. The molecule has 2 atom stereocenters. The Hall–Kier alpha value is -1.85. The monoisotopic (exact) mass is 309 g/mol. The van der Waals surface area contributed by atoms with Crippen LogP contribution in [-0.4, -0.2) is 32.8 Å². The van der Waals surface area contributed by atoms with Gasteiger partial charge in [0.25, 0.3) is 5.91 Å². The van der Waals surface area contributed by atoms with Crippen LogP contribution in [0.1, 0.15) is 69.2 Å². The Bertz CT molecular complexity index is 521. The molecule has 0 aliphatic heterocycles. The number of nitrogens with zero attached hydrogens (tertiary/aromatic N) is 2. The molecule has 2 N–H and O–H groups in total. The maximum absolute atomic E-state index is 12.5. The Balaban J connectivity index is 3.05. The maximum atomic E-state index is 12.5. The van der Waals surface area contributed by atoms with Crippen LogP contribution in [-0.2, 0) is 4.79 Å². The summed E-state index contributed by atoms with van der Waals surface area (Å²) in [7, 11) is 0. The lowest BCUT2D eigenvalue weighted by Crippen LogP contribution is -2.45. The summed E-state index contributed by atoms with van der Waals surface area (Å²) < 4.78 is 1.72. The molecule has 0 saturated carbocycles. The number of carbonyl (C=O) groups is 2. The van der Waals surface area contributed by atoms with Crippen LogP contribution in [0.2, 0.25) is 0 Å². The number of carboxylic acid groups (broad SMARTS) is 1. The molecule has 1 heterocycles. The van der Waals surface area contributed by atoms with E-state index < -0.39 is 12.0 Å². The molecule has 1 amide bonds. The second-order valence-electron chi connectivity index (χ2n) is 5.76. The average Bonchev–Trinajstić information content (AvgIpc) is 2.86. The van der Waals surface area contributed by atoms with E-state index >= 15 is 0 Å². The van der Waals surface area contributed by atoms with Crippen molar-refractivity contribution in [3.05, 3.63) is 17.5 Å². The van der Waals surface area contributed by atoms with E-state index in [1.807, 2.05) is 34.6 Å². The number of hydrogen-bond donors (Lipinski definition) is 2. The van der Waals surface area contributed by atoms with Crippen LogP contribution in [0.4, 0.5) is 0 Å². The number of hydrogen-bond acceptors (Lipinski definition) is 3. The molecule has 1 rings (SSSR count). The smallest absolute Gasteiger partial charge is 0.326 e. The maximum Gasteiger partial charge on any atom is 0.326 e. The Morgan fingerprint density at radius 2 is 1.86 bits per heavy atom. The molecule has 0 spiro atoms. The molecule has 0 aliphatic carbocycles. The highest BCUT2D eigenvalue weighted by Gasteiger charge is 2.28. The Morgan fingerprint density at radius 3 is 2.32 bits per heavy atom. The minimum atomic E-state index is -1.01. The molecule has 0 unspecified atom stereocenters. The number of aryl methyl sites for hydroxylation is 1. The first-order valence-electron chi connectivity index (χ1n) is 7.95. The van der Waals surface area contributed by atoms with Crippen molar-refractivity contribution < 1.29 is 14.7 Å². The van der Waals surface area contributed by atoms with E-state index in [1.165, 1.54) is 0 Å². The largest absolute Gasteiger partial charge is 0.480 e. The van der Waals surface area contributed by atoms with Gasteiger partial charge in [-0.3, -0.25) is 9.48 Å². The standard InChI is InChI=1S/C16H27N3O3/c1-6-10(4)14(16(21)22)17-15(20)13-9-11(5)18-19(13)12(7-2)8-3/h9-10,12,14H,6-8H2,1-5H3,(H,17,20)(H,21,22)/t10-,14-/m0/s1. The summed E-state index contributed by atoms with van der Waals surface area (Å²) in [5.74, 6) is -1.51. The second kappa shape index (κ2) is 7.96. The minimum Gasteiger partial charge on any atom is -0.480 e. The van der Waals surface area contributed by atoms with Crippen LogP contribution in [0.25, 0.3) is 0 Å². The lowest BCUT2D eigenvalue weighted by molar-refractivity contribution is -0.140. The minimum absolute atomic E-state index is 0.132. The highest BCUT2D eigenvalue weighted by atomic mass is 16.4. The number of amides is 1. The zero-order chi connectivity index (χ0) is 16.9. The van der Waals surface area contributed by atoms with Crippen molar-refractivity contribution in [1.29, 1.82) is 0 Å². The van der Waals surface area contributed by atoms with Gasteiger partial charge in [0.1, 0.15) is 11.7 Å². The van der Waals surface area contributed by atoms with Crippen molar-refractivity contribution in [2.24, 2.45) is 5.92 Å². The molecule has 6 nitrogen and oxygen atoms in total. The Kier molecular flexibility index (Phi) is 6.59. The average molecular weight is 309 g/mol. The van der Waals surface area contributed by atoms with Gasteiger partial charge in [-0.1, -0.05) is 34.1 Å². The zero-order valence-electron chi connectivity index (χ0n) is 14.1. The SMILES string of the molecule is CCC(CC)n1nc(C)cc1C(=O)N[C@H](C(=O)O)[C@@H](C)CC. The highest BCUT2D eigenvalue weighted by molar-refractivity contribution is 5.95. The Morgan fingerprint density at radius 1 is 1.27 bits per heavy atom. The van der Waals surface area contributed by atoms with Crippen molar-refractivity contribution in [1.82, 2.24) is 15.1 Å². The summed E-state index contributed by atoms with van der Waals surface area (Å²) in [4.78, 5) is 23.9. The molecule has 6 heteroatoms. The molecule has 0 aromatic carbocycles. The van der Waals surface area contributed by atoms with Gasteiger partial charge in [0, 0.05) is 0 Å². The van der Waals surface area contributed by atoms with Crippen molar-refractivity contribution in [3.8, 4) is 0 Å². The van der Waals surface area contributed by atoms with Gasteiger partial charge in [0.2, 0.25) is 0 Å². The van der Waals surface area contributed by atoms with Gasteiger partial charge in [-0.25, -0.2) is 4.79 Å². The van der Waals surface area contributed by atoms with Gasteiger partial charge in [0.05, 0.1) is 11.7 Å². The summed E-state index contributed by atoms with van der Waals surface area (Å²) in [5, 5.41) is 16.3. The Labute approximate surface area is 131 Å². The molecular formula is C16H27N3O3. The van der Waals surface area contributed by atoms with Crippen LogP contribution in [0.3, 0.4) is 0 Å². The summed E-state index contributed by atoms with van der Waals surface area (Å²) in [5.41, 5.74) is 1.19. The molecule has 1 aromatic heterocycles. The van der Waals surface area contributed by atoms with Gasteiger partial charge in [-0.2, -0.15) is 5.10 Å². The van der Waals surface area contributed by atoms with E-state index in [1.54, 1.807) is 10.7 Å². The van der Waals surface area contributed by atoms with Crippen LogP contribution >= 0.6 is 0 Å². The van der Waals surface area contributed by atoms with Crippen molar-refractivity contribution in [2.75, 3.05) is 0 Å². The van der Waals surface area contributed by atoms with E-state index in [-0.39, 0.29) is 17.9 Å². The third-order valence-electron chi connectivity index (χ3n) is 4.14. The van der Waals surface area contributed by atoms with Crippen LogP contribution in [0, 0.1) is 12.8 Å². The highest BCUT2D eigenvalue weighted by Crippen LogP contribution is 2.19. The molecule has 0 aliphatic rings. The first-order valence-corrected chi connectivity index (χ1v) is 7.95. The number of carboxylic acids is 1. The summed E-state index contributed by atoms with van der Waals surface area (Å²) >= 11 is 0. The van der Waals surface area contributed by atoms with Crippen LogP contribution < -0.4 is 5.32 Å². The summed E-state index contributed by atoms with van der Waals surface area (Å²) in [6.45, 7) is 9.66. The third-order valence-corrected chi connectivity index (χ3v) is 4.14. The van der Waals surface area contributed by atoms with Crippen LogP contribution in [0.5, 0.6) is 0 Å². The molecule has 124 valence electrons. The molecule has 0 saturated heterocycles. The normalized spacial score (nSPS) is 13.9. The van der Waals surface area contributed by atoms with Crippen LogP contribution in [0.15, 0.2) is 6.07 Å². The van der Waals surface area contributed by atoms with E-state index in [4.69, 9.17) is 0 Å². The number of aromatic nitrogens is 2. The molecule has 0 radical (unpaired) electrons. The number of carbonyl (C=O) groups excluding carboxylic acids is 1. The van der Waals surface area contributed by atoms with Crippen molar-refractivity contribution in [3.63, 3.8) is 0 Å². The topological polar surface area (TPSA) is 84.2 Å². The lowest BCUT2D eigenvalue weighted by atomic mass is 9.99. The zero-order valence-corrected chi connectivity index (χ0v) is 14.1. The molecule has 0 fully saturated rings. The van der Waals surface area contributed by atoms with E-state index in [2.05, 4.69) is 10.4 Å². The van der Waals surface area contributed by atoms with Crippen molar-refractivity contribution >= 4 is 11.9 Å². The molecule has 22 heavy (non-hydrogen) atoms. The fourth-order valence-electron chi connectivity index (χ4n) is 2.50. The van der Waals surface area contributed by atoms with Gasteiger partial charge >= 0.3 is 5.97 Å². The predicted molar refractivity (Wildman–Crippen MR) is 84.9 cm³/mol. The van der Waals surface area contributed by atoms with E-state index in [0.717, 1.165) is 18.5 Å². The first-order chi connectivity index (χ1) is 10.3. The molecule has 0 bridgehead atoms. The first kappa shape index (κ1) is 18.2. The van der Waals surface area contributed by atoms with Gasteiger partial charge in [-0.05, 0) is 31.7 Å². The number of rotatable bonds is 8. The van der Waals surface area contributed by atoms with Gasteiger partial charge < -0.3 is 10.4 Å². The molecule has 1 aromatic rings. The van der Waals surface area contributed by atoms with E-state index in [0.29, 0.717) is 12.1 Å². The number of aliphatic carboxylic acids is 1. The summed E-state index contributed by atoms with van der Waals surface area (Å²) in [6.07, 6.45) is 2.42. The number of nitrogens with one attached hydrogen (secondary N) is 1. The van der Waals surface area contributed by atoms with Gasteiger partial charge in [0.15, 0.2) is 0 Å². The lowest BCUT2D eigenvalue weighted by Gasteiger charge is -2.21. The quantitative estimate of drug-likeness (QED) is 0.773. The second-order valence-corrected chi connectivity index (χ2v) is 5.76. The third kappa shape index (κ3) is 4.08. The predicted octanol–water partition coefficient (Wildman–Crippen LogP) is 2.78. The van der Waals surface area contributed by atoms with Gasteiger partial charge in [-0.15, -0.1) is 0 Å². The fourth-order valence-corrected chi connectivity index (χ4v) is 2.50. The fraction of sp³-hybridized carbons (Fsp3) is 0.688. The van der Waals surface area contributed by atoms with E-state index in [9.17, 15) is 14.7 Å².